The Hall–Kier alpha value is -2.15. The summed E-state index contributed by atoms with van der Waals surface area (Å²) in [5.41, 5.74) is 0.960. The van der Waals surface area contributed by atoms with Gasteiger partial charge in [-0.05, 0) is 32.0 Å². The van der Waals surface area contributed by atoms with Crippen molar-refractivity contribution in [2.45, 2.75) is 23.8 Å². The first-order valence-corrected chi connectivity index (χ1v) is 6.92. The van der Waals surface area contributed by atoms with Gasteiger partial charge < -0.3 is 5.32 Å². The Morgan fingerprint density at radius 3 is 2.60 bits per heavy atom. The topological polar surface area (TPSA) is 81.0 Å². The van der Waals surface area contributed by atoms with Gasteiger partial charge >= 0.3 is 0 Å². The second-order valence-electron chi connectivity index (χ2n) is 4.05. The fourth-order valence-corrected chi connectivity index (χ4v) is 2.46. The van der Waals surface area contributed by atoms with E-state index in [1.165, 1.54) is 23.9 Å². The van der Waals surface area contributed by atoms with E-state index < -0.39 is 4.92 Å². The molecule has 20 heavy (non-hydrogen) atoms. The molecular weight excluding hydrogens is 276 g/mol. The molecule has 0 saturated carbocycles. The van der Waals surface area contributed by atoms with E-state index in [1.807, 2.05) is 19.9 Å². The summed E-state index contributed by atoms with van der Waals surface area (Å²) in [6.45, 7) is 4.64. The van der Waals surface area contributed by atoms with Crippen LogP contribution in [-0.4, -0.2) is 21.4 Å². The second-order valence-corrected chi connectivity index (χ2v) is 5.15. The lowest BCUT2D eigenvalue weighted by molar-refractivity contribution is -0.384. The highest BCUT2D eigenvalue weighted by atomic mass is 32.2. The van der Waals surface area contributed by atoms with Crippen molar-refractivity contribution < 1.29 is 4.92 Å². The van der Waals surface area contributed by atoms with Gasteiger partial charge in [0.2, 0.25) is 5.95 Å². The number of aromatic nitrogens is 2. The summed E-state index contributed by atoms with van der Waals surface area (Å²) in [6.07, 6.45) is 0. The number of nitro groups is 1. The SMILES string of the molecule is CCNc1nc(C)cc(Sc2ccc([N+](=O)[O-])cc2)n1. The zero-order valence-electron chi connectivity index (χ0n) is 11.2. The number of benzene rings is 1. The molecule has 1 N–H and O–H groups in total. The molecule has 0 spiro atoms. The lowest BCUT2D eigenvalue weighted by Gasteiger charge is -2.06. The van der Waals surface area contributed by atoms with Gasteiger partial charge in [-0.2, -0.15) is 0 Å². The highest BCUT2D eigenvalue weighted by Gasteiger charge is 2.07. The number of hydrogen-bond acceptors (Lipinski definition) is 6. The van der Waals surface area contributed by atoms with Crippen molar-refractivity contribution >= 4 is 23.4 Å². The van der Waals surface area contributed by atoms with Crippen molar-refractivity contribution in [3.05, 3.63) is 46.1 Å². The van der Waals surface area contributed by atoms with Gasteiger partial charge in [-0.15, -0.1) is 0 Å². The maximum absolute atomic E-state index is 10.6. The Morgan fingerprint density at radius 1 is 1.30 bits per heavy atom. The lowest BCUT2D eigenvalue weighted by atomic mass is 10.3. The first kappa shape index (κ1) is 14.3. The van der Waals surface area contributed by atoms with Crippen LogP contribution in [0.1, 0.15) is 12.6 Å². The Morgan fingerprint density at radius 2 is 2.00 bits per heavy atom. The standard InChI is InChI=1S/C13H14N4O2S/c1-3-14-13-15-9(2)8-12(16-13)20-11-6-4-10(5-7-11)17(18)19/h4-8H,3H2,1-2H3,(H,14,15,16). The van der Waals surface area contributed by atoms with Crippen molar-refractivity contribution in [1.82, 2.24) is 9.97 Å². The van der Waals surface area contributed by atoms with Crippen molar-refractivity contribution in [3.63, 3.8) is 0 Å². The van der Waals surface area contributed by atoms with Crippen LogP contribution >= 0.6 is 11.8 Å². The molecule has 0 atom stereocenters. The molecule has 6 nitrogen and oxygen atoms in total. The van der Waals surface area contributed by atoms with Crippen LogP contribution in [0.4, 0.5) is 11.6 Å². The van der Waals surface area contributed by atoms with Crippen LogP contribution in [0.3, 0.4) is 0 Å². The van der Waals surface area contributed by atoms with Gasteiger partial charge in [-0.3, -0.25) is 10.1 Å². The second kappa shape index (κ2) is 6.33. The zero-order valence-corrected chi connectivity index (χ0v) is 12.0. The molecule has 2 rings (SSSR count). The molecule has 2 aromatic rings. The smallest absolute Gasteiger partial charge is 0.269 e. The van der Waals surface area contributed by atoms with E-state index in [2.05, 4.69) is 15.3 Å². The van der Waals surface area contributed by atoms with Gasteiger partial charge in [0, 0.05) is 29.3 Å². The number of anilines is 1. The number of non-ortho nitro benzene ring substituents is 1. The normalized spacial score (nSPS) is 10.3. The van der Waals surface area contributed by atoms with Crippen molar-refractivity contribution in [1.29, 1.82) is 0 Å². The summed E-state index contributed by atoms with van der Waals surface area (Å²) in [5, 5.41) is 14.5. The number of hydrogen-bond donors (Lipinski definition) is 1. The summed E-state index contributed by atoms with van der Waals surface area (Å²) in [5.74, 6) is 0.594. The van der Waals surface area contributed by atoms with Gasteiger partial charge in [0.1, 0.15) is 5.03 Å². The fourth-order valence-electron chi connectivity index (χ4n) is 1.59. The third-order valence-electron chi connectivity index (χ3n) is 2.44. The fraction of sp³-hybridized carbons (Fsp3) is 0.231. The van der Waals surface area contributed by atoms with E-state index >= 15 is 0 Å². The summed E-state index contributed by atoms with van der Waals surface area (Å²) in [7, 11) is 0. The van der Waals surface area contributed by atoms with Crippen molar-refractivity contribution in [3.8, 4) is 0 Å². The van der Waals surface area contributed by atoms with Crippen molar-refractivity contribution in [2.75, 3.05) is 11.9 Å². The molecule has 104 valence electrons. The monoisotopic (exact) mass is 290 g/mol. The molecular formula is C13H14N4O2S. The molecule has 1 aromatic heterocycles. The molecule has 0 aliphatic heterocycles. The maximum Gasteiger partial charge on any atom is 0.269 e. The van der Waals surface area contributed by atoms with Crippen LogP contribution in [-0.2, 0) is 0 Å². The number of nitrogens with one attached hydrogen (secondary N) is 1. The molecule has 7 heteroatoms. The summed E-state index contributed by atoms with van der Waals surface area (Å²) in [4.78, 5) is 19.8. The van der Waals surface area contributed by atoms with Gasteiger partial charge in [0.05, 0.1) is 4.92 Å². The molecule has 0 bridgehead atoms. The molecule has 0 aliphatic carbocycles. The molecule has 0 amide bonds. The van der Waals surface area contributed by atoms with Crippen LogP contribution < -0.4 is 5.32 Å². The van der Waals surface area contributed by atoms with Crippen LogP contribution in [0.15, 0.2) is 40.3 Å². The van der Waals surface area contributed by atoms with Crippen LogP contribution in [0, 0.1) is 17.0 Å². The minimum atomic E-state index is -0.410. The Bertz CT molecular complexity index is 616. The van der Waals surface area contributed by atoms with E-state index in [9.17, 15) is 10.1 Å². The first-order chi connectivity index (χ1) is 9.58. The summed E-state index contributed by atoms with van der Waals surface area (Å²) < 4.78 is 0. The molecule has 0 radical (unpaired) electrons. The largest absolute Gasteiger partial charge is 0.354 e. The molecule has 1 heterocycles. The van der Waals surface area contributed by atoms with Gasteiger partial charge in [0.15, 0.2) is 0 Å². The highest BCUT2D eigenvalue weighted by molar-refractivity contribution is 7.99. The molecule has 0 fully saturated rings. The van der Waals surface area contributed by atoms with E-state index in [0.717, 1.165) is 22.2 Å². The average molecular weight is 290 g/mol. The number of aryl methyl sites for hydroxylation is 1. The Labute approximate surface area is 120 Å². The van der Waals surface area contributed by atoms with Gasteiger partial charge in [-0.1, -0.05) is 11.8 Å². The van der Waals surface area contributed by atoms with Crippen LogP contribution in [0.5, 0.6) is 0 Å². The number of nitrogens with zero attached hydrogens (tertiary/aromatic N) is 3. The molecule has 0 saturated heterocycles. The lowest BCUT2D eigenvalue weighted by Crippen LogP contribution is -2.03. The minimum Gasteiger partial charge on any atom is -0.354 e. The van der Waals surface area contributed by atoms with E-state index in [4.69, 9.17) is 0 Å². The molecule has 0 unspecified atom stereocenters. The van der Waals surface area contributed by atoms with E-state index in [1.54, 1.807) is 12.1 Å². The molecule has 0 aliphatic rings. The quantitative estimate of drug-likeness (QED) is 0.517. The third-order valence-corrected chi connectivity index (χ3v) is 3.36. The number of nitro benzene ring substituents is 1. The minimum absolute atomic E-state index is 0.0848. The first-order valence-electron chi connectivity index (χ1n) is 6.10. The predicted octanol–water partition coefficient (Wildman–Crippen LogP) is 3.28. The van der Waals surface area contributed by atoms with Crippen LogP contribution in [0.25, 0.3) is 0 Å². The Kier molecular flexibility index (Phi) is 4.52. The summed E-state index contributed by atoms with van der Waals surface area (Å²) in [6, 6.07) is 8.29. The summed E-state index contributed by atoms with van der Waals surface area (Å²) >= 11 is 1.45. The average Bonchev–Trinajstić information content (AvgIpc) is 2.39. The van der Waals surface area contributed by atoms with Crippen molar-refractivity contribution in [2.24, 2.45) is 0 Å². The predicted molar refractivity (Wildman–Crippen MR) is 78.2 cm³/mol. The van der Waals surface area contributed by atoms with Crippen LogP contribution in [0.2, 0.25) is 0 Å². The van der Waals surface area contributed by atoms with E-state index in [0.29, 0.717) is 5.95 Å². The molecule has 1 aromatic carbocycles. The Balaban J connectivity index is 2.18. The van der Waals surface area contributed by atoms with Gasteiger partial charge in [-0.25, -0.2) is 9.97 Å². The zero-order chi connectivity index (χ0) is 14.5. The highest BCUT2D eigenvalue weighted by Crippen LogP contribution is 2.28. The van der Waals surface area contributed by atoms with E-state index in [-0.39, 0.29) is 5.69 Å². The maximum atomic E-state index is 10.6. The third kappa shape index (κ3) is 3.67. The number of rotatable bonds is 5. The van der Waals surface area contributed by atoms with Gasteiger partial charge in [0.25, 0.3) is 5.69 Å².